The van der Waals surface area contributed by atoms with Gasteiger partial charge in [0.05, 0.1) is 32.4 Å². The third-order valence-corrected chi connectivity index (χ3v) is 5.99. The number of likely N-dealkylation sites (tertiary alicyclic amines) is 1. The van der Waals surface area contributed by atoms with Crippen LogP contribution in [0, 0.1) is 0 Å². The third-order valence-electron chi connectivity index (χ3n) is 5.13. The highest BCUT2D eigenvalue weighted by Gasteiger charge is 2.47. The molecule has 0 bridgehead atoms. The van der Waals surface area contributed by atoms with Gasteiger partial charge >= 0.3 is 0 Å². The van der Waals surface area contributed by atoms with Gasteiger partial charge in [-0.25, -0.2) is 0 Å². The largest absolute Gasteiger partial charge is 0.507 e. The number of nitrogens with zero attached hydrogens (tertiary/aromatic N) is 2. The van der Waals surface area contributed by atoms with Crippen molar-refractivity contribution in [1.29, 1.82) is 0 Å². The van der Waals surface area contributed by atoms with Crippen molar-refractivity contribution in [1.82, 2.24) is 9.88 Å². The molecule has 3 heterocycles. The van der Waals surface area contributed by atoms with Crippen molar-refractivity contribution < 1.29 is 24.2 Å². The van der Waals surface area contributed by atoms with Crippen molar-refractivity contribution in [3.63, 3.8) is 0 Å². The number of hydrogen-bond acceptors (Lipinski definition) is 7. The zero-order valence-electron chi connectivity index (χ0n) is 16.9. The highest BCUT2D eigenvalue weighted by molar-refractivity contribution is 7.09. The molecule has 7 nitrogen and oxygen atoms in total. The van der Waals surface area contributed by atoms with Crippen molar-refractivity contribution in [3.8, 4) is 11.5 Å². The quantitative estimate of drug-likeness (QED) is 0.359. The lowest BCUT2D eigenvalue weighted by Gasteiger charge is -2.26. The molecule has 1 unspecified atom stereocenters. The summed E-state index contributed by atoms with van der Waals surface area (Å²) in [7, 11) is 3.01. The maximum absolute atomic E-state index is 13.1. The molecule has 1 amide bonds. The van der Waals surface area contributed by atoms with E-state index >= 15 is 0 Å². The SMILES string of the molecule is COc1cccc(C2/C(=C(\O)c3ccncc3)C(=O)C(=O)N2Cc2cccs2)c1OC. The minimum atomic E-state index is -0.847. The van der Waals surface area contributed by atoms with Crippen LogP contribution >= 0.6 is 11.3 Å². The van der Waals surface area contributed by atoms with Crippen LogP contribution in [-0.4, -0.2) is 40.9 Å². The fraction of sp³-hybridized carbons (Fsp3) is 0.174. The Morgan fingerprint density at radius 1 is 1.10 bits per heavy atom. The number of methoxy groups -OCH3 is 2. The maximum atomic E-state index is 13.1. The average Bonchev–Trinajstić information content (AvgIpc) is 3.41. The third kappa shape index (κ3) is 3.66. The molecule has 1 N–H and O–H groups in total. The van der Waals surface area contributed by atoms with Gasteiger partial charge in [0.25, 0.3) is 11.7 Å². The second-order valence-corrected chi connectivity index (χ2v) is 7.86. The summed E-state index contributed by atoms with van der Waals surface area (Å²) in [6.45, 7) is 0.223. The number of benzene rings is 1. The molecule has 2 aromatic heterocycles. The number of ketones is 1. The van der Waals surface area contributed by atoms with E-state index in [0.29, 0.717) is 22.6 Å². The van der Waals surface area contributed by atoms with Crippen LogP contribution in [0.2, 0.25) is 0 Å². The van der Waals surface area contributed by atoms with Gasteiger partial charge in [-0.3, -0.25) is 14.6 Å². The number of rotatable bonds is 6. The van der Waals surface area contributed by atoms with Crippen molar-refractivity contribution in [3.05, 3.63) is 81.8 Å². The van der Waals surface area contributed by atoms with E-state index in [9.17, 15) is 14.7 Å². The van der Waals surface area contributed by atoms with Crippen LogP contribution in [0.1, 0.15) is 22.0 Å². The standard InChI is InChI=1S/C23H20N2O5S/c1-29-17-7-3-6-16(22(17)30-2)19-18(20(26)14-8-10-24-11-9-14)21(27)23(28)25(19)13-15-5-4-12-31-15/h3-12,19,26H,13H2,1-2H3/b20-18+. The number of pyridine rings is 1. The molecule has 1 aliphatic heterocycles. The number of carbonyl (C=O) groups is 2. The first kappa shape index (κ1) is 20.6. The van der Waals surface area contributed by atoms with Crippen LogP contribution in [0.15, 0.2) is 65.8 Å². The second-order valence-electron chi connectivity index (χ2n) is 6.82. The number of aliphatic hydroxyl groups excluding tert-OH is 1. The number of aromatic nitrogens is 1. The number of Topliss-reactive ketones (excluding diaryl/α,β-unsaturated/α-hetero) is 1. The topological polar surface area (TPSA) is 89.0 Å². The van der Waals surface area contributed by atoms with Gasteiger partial charge in [-0.2, -0.15) is 0 Å². The second kappa shape index (κ2) is 8.61. The Bertz CT molecular complexity index is 1140. The van der Waals surface area contributed by atoms with E-state index in [-0.39, 0.29) is 17.9 Å². The predicted octanol–water partition coefficient (Wildman–Crippen LogP) is 3.78. The number of ether oxygens (including phenoxy) is 2. The molecule has 8 heteroatoms. The zero-order chi connectivity index (χ0) is 22.0. The molecule has 1 saturated heterocycles. The summed E-state index contributed by atoms with van der Waals surface area (Å²) in [6, 6.07) is 11.4. The Hall–Kier alpha value is -3.65. The fourth-order valence-corrected chi connectivity index (χ4v) is 4.43. The van der Waals surface area contributed by atoms with Gasteiger partial charge in [-0.15, -0.1) is 11.3 Å². The van der Waals surface area contributed by atoms with E-state index in [1.807, 2.05) is 17.5 Å². The van der Waals surface area contributed by atoms with Crippen LogP contribution in [0.25, 0.3) is 5.76 Å². The van der Waals surface area contributed by atoms with Gasteiger partial charge in [-0.1, -0.05) is 18.2 Å². The Morgan fingerprint density at radius 2 is 1.87 bits per heavy atom. The summed E-state index contributed by atoms with van der Waals surface area (Å²) in [5, 5.41) is 13.0. The molecule has 1 fully saturated rings. The molecule has 3 aromatic rings. The van der Waals surface area contributed by atoms with E-state index in [0.717, 1.165) is 4.88 Å². The molecule has 31 heavy (non-hydrogen) atoms. The van der Waals surface area contributed by atoms with Crippen molar-refractivity contribution >= 4 is 28.8 Å². The first-order valence-corrected chi connectivity index (χ1v) is 10.4. The van der Waals surface area contributed by atoms with Gasteiger partial charge in [0.15, 0.2) is 11.5 Å². The van der Waals surface area contributed by atoms with Gasteiger partial charge < -0.3 is 19.5 Å². The summed E-state index contributed by atoms with van der Waals surface area (Å²) < 4.78 is 11.0. The number of hydrogen-bond donors (Lipinski definition) is 1. The summed E-state index contributed by atoms with van der Waals surface area (Å²) >= 11 is 1.49. The van der Waals surface area contributed by atoms with Crippen molar-refractivity contribution in [2.75, 3.05) is 14.2 Å². The summed E-state index contributed by atoms with van der Waals surface area (Å²) in [4.78, 5) is 32.5. The molecule has 1 aliphatic rings. The first-order valence-electron chi connectivity index (χ1n) is 9.49. The average molecular weight is 436 g/mol. The molecule has 158 valence electrons. The molecule has 1 aromatic carbocycles. The van der Waals surface area contributed by atoms with Crippen LogP contribution in [-0.2, 0) is 16.1 Å². The summed E-state index contributed by atoms with van der Waals surface area (Å²) in [5.41, 5.74) is 0.948. The predicted molar refractivity (Wildman–Crippen MR) is 116 cm³/mol. The molecule has 0 radical (unpaired) electrons. The lowest BCUT2D eigenvalue weighted by Crippen LogP contribution is -2.29. The molecule has 0 saturated carbocycles. The Labute approximate surface area is 183 Å². The van der Waals surface area contributed by atoms with E-state index in [1.165, 1.54) is 42.8 Å². The number of aliphatic hydroxyl groups is 1. The number of thiophene rings is 1. The molecule has 0 aliphatic carbocycles. The van der Waals surface area contributed by atoms with E-state index in [1.54, 1.807) is 30.3 Å². The van der Waals surface area contributed by atoms with Crippen molar-refractivity contribution in [2.24, 2.45) is 0 Å². The Kier molecular flexibility index (Phi) is 5.73. The van der Waals surface area contributed by atoms with Crippen LogP contribution in [0.5, 0.6) is 11.5 Å². The Balaban J connectivity index is 1.94. The van der Waals surface area contributed by atoms with E-state index in [2.05, 4.69) is 4.98 Å². The molecular weight excluding hydrogens is 416 g/mol. The van der Waals surface area contributed by atoms with Crippen LogP contribution < -0.4 is 9.47 Å². The van der Waals surface area contributed by atoms with Gasteiger partial charge in [-0.05, 0) is 29.6 Å². The van der Waals surface area contributed by atoms with E-state index in [4.69, 9.17) is 9.47 Å². The van der Waals surface area contributed by atoms with Crippen LogP contribution in [0.3, 0.4) is 0 Å². The molecule has 1 atom stereocenters. The number of para-hydroxylation sites is 1. The number of carbonyl (C=O) groups excluding carboxylic acids is 2. The molecule has 4 rings (SSSR count). The van der Waals surface area contributed by atoms with Crippen molar-refractivity contribution in [2.45, 2.75) is 12.6 Å². The summed E-state index contributed by atoms with van der Waals surface area (Å²) in [6.07, 6.45) is 3.02. The van der Waals surface area contributed by atoms with Crippen LogP contribution in [0.4, 0.5) is 0 Å². The highest BCUT2D eigenvalue weighted by Crippen LogP contribution is 2.46. The first-order chi connectivity index (χ1) is 15.1. The normalized spacial score (nSPS) is 17.7. The monoisotopic (exact) mass is 436 g/mol. The van der Waals surface area contributed by atoms with Gasteiger partial charge in [0.2, 0.25) is 0 Å². The maximum Gasteiger partial charge on any atom is 0.295 e. The molecule has 0 spiro atoms. The lowest BCUT2D eigenvalue weighted by molar-refractivity contribution is -0.140. The Morgan fingerprint density at radius 3 is 2.52 bits per heavy atom. The lowest BCUT2D eigenvalue weighted by atomic mass is 9.94. The minimum absolute atomic E-state index is 0.000640. The summed E-state index contributed by atoms with van der Waals surface area (Å²) in [5.74, 6) is -0.830. The zero-order valence-corrected chi connectivity index (χ0v) is 17.8. The minimum Gasteiger partial charge on any atom is -0.507 e. The fourth-order valence-electron chi connectivity index (χ4n) is 3.73. The van der Waals surface area contributed by atoms with E-state index < -0.39 is 17.7 Å². The van der Waals surface area contributed by atoms with Gasteiger partial charge in [0.1, 0.15) is 5.76 Å². The van der Waals surface area contributed by atoms with Gasteiger partial charge in [0, 0.05) is 28.4 Å². The highest BCUT2D eigenvalue weighted by atomic mass is 32.1. The smallest absolute Gasteiger partial charge is 0.295 e. The number of amides is 1. The molecular formula is C23H20N2O5S.